The Labute approximate surface area is 135 Å². The summed E-state index contributed by atoms with van der Waals surface area (Å²) >= 11 is 0. The topological polar surface area (TPSA) is 30.7 Å². The SMILES string of the molecule is Cc1cc(-n2c(-c3ccccc3)nc3ccccc32)cc(C)n1. The molecular weight excluding hydrogens is 282 g/mol. The normalized spacial score (nSPS) is 11.0. The van der Waals surface area contributed by atoms with Gasteiger partial charge in [-0.2, -0.15) is 0 Å². The number of fused-ring (bicyclic) bond motifs is 1. The van der Waals surface area contributed by atoms with Crippen molar-refractivity contribution < 1.29 is 0 Å². The smallest absolute Gasteiger partial charge is 0.145 e. The molecule has 0 bridgehead atoms. The first kappa shape index (κ1) is 13.7. The van der Waals surface area contributed by atoms with Gasteiger partial charge in [0.2, 0.25) is 0 Å². The van der Waals surface area contributed by atoms with Crippen molar-refractivity contribution in [1.29, 1.82) is 0 Å². The third-order valence-corrected chi connectivity index (χ3v) is 3.92. The number of aryl methyl sites for hydroxylation is 2. The number of pyridine rings is 1. The lowest BCUT2D eigenvalue weighted by molar-refractivity contribution is 1.05. The molecule has 0 aliphatic rings. The Hall–Kier alpha value is -2.94. The van der Waals surface area contributed by atoms with Gasteiger partial charge in [0.1, 0.15) is 5.82 Å². The van der Waals surface area contributed by atoms with Gasteiger partial charge >= 0.3 is 0 Å². The van der Waals surface area contributed by atoms with Crippen LogP contribution in [0.5, 0.6) is 0 Å². The molecule has 0 amide bonds. The monoisotopic (exact) mass is 299 g/mol. The van der Waals surface area contributed by atoms with Crippen LogP contribution in [-0.4, -0.2) is 14.5 Å². The third kappa shape index (κ3) is 2.40. The minimum atomic E-state index is 0.955. The van der Waals surface area contributed by atoms with E-state index in [2.05, 4.69) is 52.0 Å². The lowest BCUT2D eigenvalue weighted by Crippen LogP contribution is -2.00. The summed E-state index contributed by atoms with van der Waals surface area (Å²) in [7, 11) is 0. The van der Waals surface area contributed by atoms with E-state index in [4.69, 9.17) is 4.98 Å². The predicted octanol–water partition coefficient (Wildman–Crippen LogP) is 4.70. The van der Waals surface area contributed by atoms with E-state index in [0.717, 1.165) is 39.5 Å². The second kappa shape index (κ2) is 5.36. The highest BCUT2D eigenvalue weighted by molar-refractivity contribution is 5.83. The summed E-state index contributed by atoms with van der Waals surface area (Å²) in [6.07, 6.45) is 0. The van der Waals surface area contributed by atoms with E-state index in [1.807, 2.05) is 38.1 Å². The molecule has 0 fully saturated rings. The van der Waals surface area contributed by atoms with Gasteiger partial charge in [-0.15, -0.1) is 0 Å². The molecule has 2 aromatic carbocycles. The summed E-state index contributed by atoms with van der Waals surface area (Å²) in [5.41, 5.74) is 6.33. The van der Waals surface area contributed by atoms with Crippen LogP contribution in [0.1, 0.15) is 11.4 Å². The quantitative estimate of drug-likeness (QED) is 0.537. The van der Waals surface area contributed by atoms with Crippen molar-refractivity contribution in [2.75, 3.05) is 0 Å². The summed E-state index contributed by atoms with van der Waals surface area (Å²) < 4.78 is 2.21. The highest BCUT2D eigenvalue weighted by Crippen LogP contribution is 2.28. The van der Waals surface area contributed by atoms with Crippen LogP contribution in [0.15, 0.2) is 66.7 Å². The number of benzene rings is 2. The Morgan fingerprint density at radius 1 is 0.739 bits per heavy atom. The van der Waals surface area contributed by atoms with Gasteiger partial charge in [0.05, 0.1) is 16.7 Å². The number of imidazole rings is 1. The zero-order chi connectivity index (χ0) is 15.8. The third-order valence-electron chi connectivity index (χ3n) is 3.92. The molecule has 0 atom stereocenters. The molecule has 0 saturated carbocycles. The lowest BCUT2D eigenvalue weighted by Gasteiger charge is -2.11. The molecule has 0 spiro atoms. The number of hydrogen-bond acceptors (Lipinski definition) is 2. The lowest BCUT2D eigenvalue weighted by atomic mass is 10.2. The van der Waals surface area contributed by atoms with Gasteiger partial charge in [-0.3, -0.25) is 9.55 Å². The van der Waals surface area contributed by atoms with E-state index in [1.165, 1.54) is 0 Å². The van der Waals surface area contributed by atoms with Crippen molar-refractivity contribution in [1.82, 2.24) is 14.5 Å². The fraction of sp³-hybridized carbons (Fsp3) is 0.100. The fourth-order valence-electron chi connectivity index (χ4n) is 3.01. The largest absolute Gasteiger partial charge is 0.292 e. The van der Waals surface area contributed by atoms with Crippen molar-refractivity contribution >= 4 is 11.0 Å². The molecule has 0 N–H and O–H groups in total. The zero-order valence-corrected chi connectivity index (χ0v) is 13.2. The van der Waals surface area contributed by atoms with E-state index in [0.29, 0.717) is 0 Å². The van der Waals surface area contributed by atoms with Crippen LogP contribution < -0.4 is 0 Å². The van der Waals surface area contributed by atoms with E-state index >= 15 is 0 Å². The van der Waals surface area contributed by atoms with Crippen LogP contribution in [0.25, 0.3) is 28.1 Å². The second-order valence-electron chi connectivity index (χ2n) is 5.73. The molecule has 3 nitrogen and oxygen atoms in total. The van der Waals surface area contributed by atoms with Gasteiger partial charge in [0.15, 0.2) is 0 Å². The minimum absolute atomic E-state index is 0.955. The van der Waals surface area contributed by atoms with E-state index in [9.17, 15) is 0 Å². The Morgan fingerprint density at radius 3 is 2.13 bits per heavy atom. The molecule has 0 aliphatic heterocycles. The molecule has 4 rings (SSSR count). The van der Waals surface area contributed by atoms with Crippen LogP contribution in [0.2, 0.25) is 0 Å². The second-order valence-corrected chi connectivity index (χ2v) is 5.73. The predicted molar refractivity (Wildman–Crippen MR) is 93.8 cm³/mol. The van der Waals surface area contributed by atoms with Gasteiger partial charge in [-0.05, 0) is 38.1 Å². The highest BCUT2D eigenvalue weighted by Gasteiger charge is 2.14. The Morgan fingerprint density at radius 2 is 1.39 bits per heavy atom. The Balaban J connectivity index is 2.07. The molecule has 2 aromatic heterocycles. The summed E-state index contributed by atoms with van der Waals surface area (Å²) in [6, 6.07) is 22.8. The van der Waals surface area contributed by atoms with Crippen LogP contribution >= 0.6 is 0 Å². The minimum Gasteiger partial charge on any atom is -0.292 e. The average Bonchev–Trinajstić information content (AvgIpc) is 2.94. The first-order valence-corrected chi connectivity index (χ1v) is 7.71. The van der Waals surface area contributed by atoms with Crippen LogP contribution in [0.4, 0.5) is 0 Å². The van der Waals surface area contributed by atoms with Gasteiger partial charge < -0.3 is 0 Å². The standard InChI is InChI=1S/C20H17N3/c1-14-12-17(13-15(2)21-14)23-19-11-7-6-10-18(19)22-20(23)16-8-4-3-5-9-16/h3-13H,1-2H3. The average molecular weight is 299 g/mol. The molecule has 4 aromatic rings. The Kier molecular flexibility index (Phi) is 3.19. The van der Waals surface area contributed by atoms with E-state index in [-0.39, 0.29) is 0 Å². The van der Waals surface area contributed by atoms with Crippen LogP contribution in [-0.2, 0) is 0 Å². The molecule has 2 heterocycles. The van der Waals surface area contributed by atoms with Gasteiger partial charge in [0.25, 0.3) is 0 Å². The summed E-state index contributed by atoms with van der Waals surface area (Å²) in [5.74, 6) is 0.955. The van der Waals surface area contributed by atoms with E-state index in [1.54, 1.807) is 0 Å². The molecule has 0 aliphatic carbocycles. The maximum atomic E-state index is 4.86. The van der Waals surface area contributed by atoms with E-state index < -0.39 is 0 Å². The first-order valence-electron chi connectivity index (χ1n) is 7.71. The maximum absolute atomic E-state index is 4.86. The van der Waals surface area contributed by atoms with Gasteiger partial charge in [-0.25, -0.2) is 4.98 Å². The summed E-state index contributed by atoms with van der Waals surface area (Å²) in [4.78, 5) is 9.35. The van der Waals surface area contributed by atoms with Crippen LogP contribution in [0, 0.1) is 13.8 Å². The van der Waals surface area contributed by atoms with Crippen molar-refractivity contribution in [3.05, 3.63) is 78.1 Å². The van der Waals surface area contributed by atoms with Gasteiger partial charge in [-0.1, -0.05) is 42.5 Å². The molecule has 0 unspecified atom stereocenters. The zero-order valence-electron chi connectivity index (χ0n) is 13.2. The number of rotatable bonds is 2. The molecule has 112 valence electrons. The number of para-hydroxylation sites is 2. The van der Waals surface area contributed by atoms with Crippen molar-refractivity contribution in [3.63, 3.8) is 0 Å². The molecule has 3 heteroatoms. The van der Waals surface area contributed by atoms with Crippen LogP contribution in [0.3, 0.4) is 0 Å². The molecule has 0 saturated heterocycles. The molecular formula is C20H17N3. The highest BCUT2D eigenvalue weighted by atomic mass is 15.1. The Bertz CT molecular complexity index is 964. The first-order chi connectivity index (χ1) is 11.2. The fourth-order valence-corrected chi connectivity index (χ4v) is 3.01. The molecule has 23 heavy (non-hydrogen) atoms. The van der Waals surface area contributed by atoms with Crippen molar-refractivity contribution in [2.45, 2.75) is 13.8 Å². The number of hydrogen-bond donors (Lipinski definition) is 0. The summed E-state index contributed by atoms with van der Waals surface area (Å²) in [5, 5.41) is 0. The summed E-state index contributed by atoms with van der Waals surface area (Å²) in [6.45, 7) is 4.05. The van der Waals surface area contributed by atoms with Gasteiger partial charge in [0, 0.05) is 17.0 Å². The van der Waals surface area contributed by atoms with Crippen molar-refractivity contribution in [3.8, 4) is 17.1 Å². The maximum Gasteiger partial charge on any atom is 0.145 e. The number of aromatic nitrogens is 3. The molecule has 0 radical (unpaired) electrons. The number of nitrogens with zero attached hydrogens (tertiary/aromatic N) is 3. The van der Waals surface area contributed by atoms with Crippen molar-refractivity contribution in [2.24, 2.45) is 0 Å².